The smallest absolute Gasteiger partial charge is 0.226 e. The second-order valence-electron chi connectivity index (χ2n) is 6.69. The monoisotopic (exact) mass is 270 g/mol. The molecule has 0 spiro atoms. The molecule has 0 aromatic rings. The Kier molecular flexibility index (Phi) is 3.10. The molecule has 0 bridgehead atoms. The molecule has 1 amide bonds. The molecule has 1 saturated heterocycles. The highest BCUT2D eigenvalue weighted by Gasteiger charge is 2.58. The van der Waals surface area contributed by atoms with Crippen LogP contribution in [0.15, 0.2) is 0 Å². The van der Waals surface area contributed by atoms with E-state index in [1.807, 2.05) is 0 Å². The maximum absolute atomic E-state index is 12.4. The number of hydrogen-bond donors (Lipinski definition) is 1. The first-order valence-corrected chi connectivity index (χ1v) is 7.30. The number of carbonyl (C=O) groups excluding carboxylic acids is 1. The van der Waals surface area contributed by atoms with Gasteiger partial charge >= 0.3 is 0 Å². The van der Waals surface area contributed by atoms with Crippen LogP contribution in [-0.2, 0) is 4.79 Å². The maximum Gasteiger partial charge on any atom is 0.226 e. The van der Waals surface area contributed by atoms with E-state index in [0.717, 1.165) is 24.9 Å². The van der Waals surface area contributed by atoms with Crippen LogP contribution in [0.5, 0.6) is 0 Å². The molecule has 1 aliphatic heterocycles. The molecular weight excluding hydrogens is 248 g/mol. The second-order valence-corrected chi connectivity index (χ2v) is 6.69. The molecule has 102 valence electrons. The van der Waals surface area contributed by atoms with Crippen LogP contribution in [0.25, 0.3) is 0 Å². The second kappa shape index (κ2) is 4.38. The average Bonchev–Trinajstić information content (AvgIpc) is 2.78. The third-order valence-electron chi connectivity index (χ3n) is 5.92. The Bertz CT molecular complexity index is 352. The summed E-state index contributed by atoms with van der Waals surface area (Å²) in [6.45, 7) is 1.97. The van der Waals surface area contributed by atoms with Gasteiger partial charge in [-0.25, -0.2) is 0 Å². The van der Waals surface area contributed by atoms with Crippen molar-refractivity contribution in [3.63, 3.8) is 0 Å². The van der Waals surface area contributed by atoms with Crippen LogP contribution < -0.4 is 5.73 Å². The first-order chi connectivity index (χ1) is 8.25. The third-order valence-corrected chi connectivity index (χ3v) is 5.92. The molecule has 4 heteroatoms. The molecule has 5 unspecified atom stereocenters. The summed E-state index contributed by atoms with van der Waals surface area (Å²) in [7, 11) is 0. The van der Waals surface area contributed by atoms with Crippen molar-refractivity contribution in [2.24, 2.45) is 35.3 Å². The molecule has 2 N–H and O–H groups in total. The van der Waals surface area contributed by atoms with E-state index in [-0.39, 0.29) is 12.4 Å². The van der Waals surface area contributed by atoms with Crippen molar-refractivity contribution in [2.75, 3.05) is 13.1 Å². The summed E-state index contributed by atoms with van der Waals surface area (Å²) in [4.78, 5) is 14.6. The number of halogens is 1. The number of hydrogen-bond acceptors (Lipinski definition) is 2. The van der Waals surface area contributed by atoms with Crippen LogP contribution in [0.3, 0.4) is 0 Å². The Hall–Kier alpha value is -0.280. The van der Waals surface area contributed by atoms with Crippen LogP contribution in [0.4, 0.5) is 0 Å². The van der Waals surface area contributed by atoms with Gasteiger partial charge in [0.1, 0.15) is 0 Å². The van der Waals surface area contributed by atoms with Crippen molar-refractivity contribution >= 4 is 18.3 Å². The van der Waals surface area contributed by atoms with Gasteiger partial charge in [-0.1, -0.05) is 6.42 Å². The highest BCUT2D eigenvalue weighted by molar-refractivity contribution is 5.85. The fraction of sp³-hybridized carbons (Fsp3) is 0.929. The first-order valence-electron chi connectivity index (χ1n) is 7.30. The van der Waals surface area contributed by atoms with Gasteiger partial charge in [0.05, 0.1) is 0 Å². The summed E-state index contributed by atoms with van der Waals surface area (Å²) in [5.74, 6) is 3.73. The minimum Gasteiger partial charge on any atom is -0.342 e. The summed E-state index contributed by atoms with van der Waals surface area (Å²) in [6, 6.07) is 0.358. The van der Waals surface area contributed by atoms with Gasteiger partial charge in [-0.3, -0.25) is 4.79 Å². The van der Waals surface area contributed by atoms with Gasteiger partial charge in [-0.05, 0) is 49.4 Å². The van der Waals surface area contributed by atoms with E-state index in [1.165, 1.54) is 32.1 Å². The van der Waals surface area contributed by atoms with Gasteiger partial charge in [0.15, 0.2) is 0 Å². The van der Waals surface area contributed by atoms with Crippen molar-refractivity contribution in [3.8, 4) is 0 Å². The van der Waals surface area contributed by atoms with Crippen molar-refractivity contribution in [2.45, 2.75) is 38.1 Å². The van der Waals surface area contributed by atoms with Crippen molar-refractivity contribution in [1.82, 2.24) is 4.90 Å². The number of fused-ring (bicyclic) bond motifs is 2. The zero-order valence-electron chi connectivity index (χ0n) is 10.8. The molecule has 0 aromatic heterocycles. The molecule has 0 aromatic carbocycles. The zero-order valence-corrected chi connectivity index (χ0v) is 11.6. The topological polar surface area (TPSA) is 46.3 Å². The fourth-order valence-electron chi connectivity index (χ4n) is 4.89. The van der Waals surface area contributed by atoms with E-state index in [0.29, 0.717) is 29.7 Å². The lowest BCUT2D eigenvalue weighted by atomic mass is 9.98. The Morgan fingerprint density at radius 2 is 1.72 bits per heavy atom. The van der Waals surface area contributed by atoms with Crippen LogP contribution in [0, 0.1) is 29.6 Å². The lowest BCUT2D eigenvalue weighted by Crippen LogP contribution is -2.35. The van der Waals surface area contributed by atoms with E-state index in [9.17, 15) is 4.79 Å². The van der Waals surface area contributed by atoms with Gasteiger partial charge in [0, 0.05) is 25.0 Å². The number of nitrogens with zero attached hydrogens (tertiary/aromatic N) is 1. The van der Waals surface area contributed by atoms with Crippen LogP contribution in [-0.4, -0.2) is 29.9 Å². The number of rotatable bonds is 1. The lowest BCUT2D eigenvalue weighted by molar-refractivity contribution is -0.132. The normalized spacial score (nSPS) is 48.6. The predicted octanol–water partition coefficient (Wildman–Crippen LogP) is 1.65. The van der Waals surface area contributed by atoms with Gasteiger partial charge < -0.3 is 10.6 Å². The van der Waals surface area contributed by atoms with Gasteiger partial charge in [-0.15, -0.1) is 12.4 Å². The Morgan fingerprint density at radius 3 is 2.39 bits per heavy atom. The molecular formula is C14H23ClN2O. The van der Waals surface area contributed by atoms with Crippen LogP contribution in [0.1, 0.15) is 32.1 Å². The van der Waals surface area contributed by atoms with Crippen molar-refractivity contribution in [3.05, 3.63) is 0 Å². The van der Waals surface area contributed by atoms with E-state index in [2.05, 4.69) is 4.90 Å². The molecule has 3 aliphatic carbocycles. The highest BCUT2D eigenvalue weighted by atomic mass is 35.5. The minimum absolute atomic E-state index is 0. The quantitative estimate of drug-likeness (QED) is 0.788. The number of amides is 1. The first kappa shape index (κ1) is 12.7. The molecule has 0 radical (unpaired) electrons. The van der Waals surface area contributed by atoms with Crippen LogP contribution >= 0.6 is 12.4 Å². The number of likely N-dealkylation sites (tertiary alicyclic amines) is 1. The summed E-state index contributed by atoms with van der Waals surface area (Å²) in [5.41, 5.74) is 6.13. The van der Waals surface area contributed by atoms with Crippen molar-refractivity contribution < 1.29 is 4.79 Å². The molecule has 3 saturated carbocycles. The molecule has 1 heterocycles. The Morgan fingerprint density at radius 1 is 1.00 bits per heavy atom. The highest BCUT2D eigenvalue weighted by Crippen LogP contribution is 2.58. The number of carbonyl (C=O) groups is 1. The summed E-state index contributed by atoms with van der Waals surface area (Å²) < 4.78 is 0. The maximum atomic E-state index is 12.4. The molecule has 5 atom stereocenters. The SMILES string of the molecule is Cl.NC1CCC2CN(C(=O)C3C4CCCC43)CC12. The summed E-state index contributed by atoms with van der Waals surface area (Å²) in [5, 5.41) is 0. The van der Waals surface area contributed by atoms with Crippen molar-refractivity contribution in [1.29, 1.82) is 0 Å². The molecule has 4 aliphatic rings. The zero-order chi connectivity index (χ0) is 11.6. The van der Waals surface area contributed by atoms with E-state index < -0.39 is 0 Å². The number of nitrogens with two attached hydrogens (primary N) is 1. The van der Waals surface area contributed by atoms with Crippen LogP contribution in [0.2, 0.25) is 0 Å². The molecule has 4 rings (SSSR count). The Labute approximate surface area is 115 Å². The van der Waals surface area contributed by atoms with E-state index in [4.69, 9.17) is 5.73 Å². The molecule has 4 fully saturated rings. The summed E-state index contributed by atoms with van der Waals surface area (Å²) in [6.07, 6.45) is 6.39. The standard InChI is InChI=1S/C14H22N2O.ClH/c15-12-5-4-8-6-16(7-11(8)12)14(17)13-9-2-1-3-10(9)13;/h8-13H,1-7,15H2;1H. The lowest BCUT2D eigenvalue weighted by Gasteiger charge is -2.19. The Balaban J connectivity index is 0.000001000. The molecule has 3 nitrogen and oxygen atoms in total. The summed E-state index contributed by atoms with van der Waals surface area (Å²) >= 11 is 0. The minimum atomic E-state index is 0. The van der Waals surface area contributed by atoms with Gasteiger partial charge in [-0.2, -0.15) is 0 Å². The average molecular weight is 271 g/mol. The van der Waals surface area contributed by atoms with Gasteiger partial charge in [0.2, 0.25) is 5.91 Å². The van der Waals surface area contributed by atoms with E-state index in [1.54, 1.807) is 0 Å². The largest absolute Gasteiger partial charge is 0.342 e. The fourth-order valence-corrected chi connectivity index (χ4v) is 4.89. The molecule has 18 heavy (non-hydrogen) atoms. The third kappa shape index (κ3) is 1.70. The predicted molar refractivity (Wildman–Crippen MR) is 72.3 cm³/mol. The van der Waals surface area contributed by atoms with E-state index >= 15 is 0 Å². The van der Waals surface area contributed by atoms with Gasteiger partial charge in [0.25, 0.3) is 0 Å².